The van der Waals surface area contributed by atoms with Gasteiger partial charge in [0.1, 0.15) is 5.56 Å². The van der Waals surface area contributed by atoms with Crippen LogP contribution in [0.2, 0.25) is 0 Å². The van der Waals surface area contributed by atoms with Crippen LogP contribution in [0.3, 0.4) is 0 Å². The number of alkyl halides is 3. The number of nitrogens with zero attached hydrogens (tertiary/aromatic N) is 1. The maximum absolute atomic E-state index is 13.0. The van der Waals surface area contributed by atoms with E-state index >= 15 is 0 Å². The van der Waals surface area contributed by atoms with Gasteiger partial charge in [0.05, 0.1) is 11.1 Å². The quantitative estimate of drug-likeness (QED) is 0.712. The van der Waals surface area contributed by atoms with Gasteiger partial charge in [-0.25, -0.2) is 9.59 Å². The number of carboxylic acids is 1. The molecule has 0 atom stereocenters. The molecule has 138 valence electrons. The number of para-hydroxylation sites is 1. The Morgan fingerprint density at radius 1 is 1.04 bits per heavy atom. The van der Waals surface area contributed by atoms with Gasteiger partial charge in [-0.1, -0.05) is 18.2 Å². The third-order valence-corrected chi connectivity index (χ3v) is 3.81. The lowest BCUT2D eigenvalue weighted by Crippen LogP contribution is -2.26. The number of hydrogen-bond donors (Lipinski definition) is 2. The highest BCUT2D eigenvalue weighted by Gasteiger charge is 2.31. The Labute approximate surface area is 149 Å². The number of rotatable bonds is 2. The average molecular weight is 376 g/mol. The zero-order valence-electron chi connectivity index (χ0n) is 13.4. The summed E-state index contributed by atoms with van der Waals surface area (Å²) >= 11 is 0. The lowest BCUT2D eigenvalue weighted by Gasteiger charge is -2.14. The third kappa shape index (κ3) is 3.52. The van der Waals surface area contributed by atoms with Gasteiger partial charge in [0.2, 0.25) is 5.43 Å². The number of halogens is 3. The SMILES string of the molecule is O=C(O)c1cn(C(=O)Nc2ccccc2)c2cc(C(F)(F)F)ccc2c1=O. The fourth-order valence-corrected chi connectivity index (χ4v) is 2.53. The van der Waals surface area contributed by atoms with Gasteiger partial charge in [-0.15, -0.1) is 0 Å². The van der Waals surface area contributed by atoms with Gasteiger partial charge in [-0.2, -0.15) is 13.2 Å². The number of aromatic nitrogens is 1. The summed E-state index contributed by atoms with van der Waals surface area (Å²) in [6.07, 6.45) is -3.98. The number of anilines is 1. The number of carbonyl (C=O) groups excluding carboxylic acids is 1. The molecule has 0 aliphatic carbocycles. The minimum absolute atomic E-state index is 0.314. The van der Waals surface area contributed by atoms with Crippen molar-refractivity contribution in [1.29, 1.82) is 0 Å². The van der Waals surface area contributed by atoms with Crippen LogP contribution in [-0.2, 0) is 6.18 Å². The smallest absolute Gasteiger partial charge is 0.416 e. The van der Waals surface area contributed by atoms with Gasteiger partial charge in [-0.05, 0) is 30.3 Å². The van der Waals surface area contributed by atoms with E-state index in [0.717, 1.165) is 6.07 Å². The van der Waals surface area contributed by atoms with E-state index in [1.54, 1.807) is 30.3 Å². The highest BCUT2D eigenvalue weighted by atomic mass is 19.4. The van der Waals surface area contributed by atoms with Crippen molar-refractivity contribution in [1.82, 2.24) is 4.57 Å². The Hall–Kier alpha value is -3.62. The first-order valence-electron chi connectivity index (χ1n) is 7.55. The Kier molecular flexibility index (Phi) is 4.44. The van der Waals surface area contributed by atoms with Crippen LogP contribution in [-0.4, -0.2) is 21.7 Å². The summed E-state index contributed by atoms with van der Waals surface area (Å²) in [5.41, 5.74) is -2.79. The number of amides is 1. The van der Waals surface area contributed by atoms with Crippen molar-refractivity contribution in [3.63, 3.8) is 0 Å². The molecule has 0 fully saturated rings. The van der Waals surface area contributed by atoms with Gasteiger partial charge in [0.25, 0.3) is 0 Å². The second kappa shape index (κ2) is 6.60. The molecule has 0 bridgehead atoms. The number of carbonyl (C=O) groups is 2. The normalized spacial score (nSPS) is 11.4. The Morgan fingerprint density at radius 3 is 2.30 bits per heavy atom. The zero-order valence-corrected chi connectivity index (χ0v) is 13.4. The van der Waals surface area contributed by atoms with Crippen LogP contribution in [0.15, 0.2) is 59.5 Å². The molecule has 1 amide bonds. The highest BCUT2D eigenvalue weighted by molar-refractivity contribution is 6.01. The molecule has 0 aliphatic rings. The molecule has 6 nitrogen and oxygen atoms in total. The van der Waals surface area contributed by atoms with Crippen molar-refractivity contribution in [2.24, 2.45) is 0 Å². The molecule has 9 heteroatoms. The van der Waals surface area contributed by atoms with Crippen LogP contribution in [0, 0.1) is 0 Å². The van der Waals surface area contributed by atoms with E-state index in [9.17, 15) is 32.7 Å². The second-order valence-electron chi connectivity index (χ2n) is 5.57. The Bertz CT molecular complexity index is 1110. The molecule has 3 aromatic rings. The lowest BCUT2D eigenvalue weighted by molar-refractivity contribution is -0.137. The highest BCUT2D eigenvalue weighted by Crippen LogP contribution is 2.31. The minimum Gasteiger partial charge on any atom is -0.477 e. The molecular formula is C18H11F3N2O4. The van der Waals surface area contributed by atoms with Crippen LogP contribution < -0.4 is 10.7 Å². The maximum Gasteiger partial charge on any atom is 0.416 e. The summed E-state index contributed by atoms with van der Waals surface area (Å²) in [5, 5.41) is 11.3. The molecule has 0 aliphatic heterocycles. The molecule has 1 heterocycles. The van der Waals surface area contributed by atoms with Crippen LogP contribution in [0.1, 0.15) is 15.9 Å². The van der Waals surface area contributed by atoms with Crippen molar-refractivity contribution in [3.05, 3.63) is 76.1 Å². The molecule has 0 radical (unpaired) electrons. The van der Waals surface area contributed by atoms with E-state index < -0.39 is 34.7 Å². The van der Waals surface area contributed by atoms with Crippen LogP contribution >= 0.6 is 0 Å². The molecule has 27 heavy (non-hydrogen) atoms. The second-order valence-corrected chi connectivity index (χ2v) is 5.57. The third-order valence-electron chi connectivity index (χ3n) is 3.81. The topological polar surface area (TPSA) is 88.4 Å². The predicted octanol–water partition coefficient (Wildman–Crippen LogP) is 3.80. The van der Waals surface area contributed by atoms with Gasteiger partial charge in [0, 0.05) is 17.3 Å². The Morgan fingerprint density at radius 2 is 1.70 bits per heavy atom. The first-order chi connectivity index (χ1) is 12.7. The molecule has 0 spiro atoms. The molecule has 3 rings (SSSR count). The van der Waals surface area contributed by atoms with E-state index in [0.29, 0.717) is 28.6 Å². The van der Waals surface area contributed by atoms with E-state index in [-0.39, 0.29) is 10.9 Å². The zero-order chi connectivity index (χ0) is 19.8. The molecular weight excluding hydrogens is 365 g/mol. The summed E-state index contributed by atoms with van der Waals surface area (Å²) in [6.45, 7) is 0. The number of carboxylic acid groups (broad SMARTS) is 1. The van der Waals surface area contributed by atoms with Gasteiger partial charge >= 0.3 is 18.2 Å². The van der Waals surface area contributed by atoms with E-state index in [1.165, 1.54) is 0 Å². The van der Waals surface area contributed by atoms with Crippen molar-refractivity contribution >= 4 is 28.6 Å². The summed E-state index contributed by atoms with van der Waals surface area (Å²) < 4.78 is 39.7. The number of aromatic carboxylic acids is 1. The predicted molar refractivity (Wildman–Crippen MR) is 91.0 cm³/mol. The molecule has 0 unspecified atom stereocenters. The van der Waals surface area contributed by atoms with Gasteiger partial charge in [0.15, 0.2) is 0 Å². The molecule has 2 aromatic carbocycles. The number of benzene rings is 2. The van der Waals surface area contributed by atoms with Crippen LogP contribution in [0.4, 0.5) is 23.7 Å². The lowest BCUT2D eigenvalue weighted by atomic mass is 10.1. The minimum atomic E-state index is -4.70. The summed E-state index contributed by atoms with van der Waals surface area (Å²) in [6, 6.07) is 9.29. The number of pyridine rings is 1. The van der Waals surface area contributed by atoms with E-state index in [4.69, 9.17) is 0 Å². The van der Waals surface area contributed by atoms with E-state index in [1.807, 2.05) is 0 Å². The molecule has 2 N–H and O–H groups in total. The summed E-state index contributed by atoms with van der Waals surface area (Å²) in [7, 11) is 0. The maximum atomic E-state index is 13.0. The molecule has 0 saturated carbocycles. The number of fused-ring (bicyclic) bond motifs is 1. The van der Waals surface area contributed by atoms with Crippen molar-refractivity contribution in [2.75, 3.05) is 5.32 Å². The largest absolute Gasteiger partial charge is 0.477 e. The average Bonchev–Trinajstić information content (AvgIpc) is 2.61. The fourth-order valence-electron chi connectivity index (χ4n) is 2.53. The molecule has 0 saturated heterocycles. The standard InChI is InChI=1S/C18H11F3N2O4/c19-18(20,21)10-6-7-12-14(8-10)23(9-13(15(12)24)16(25)26)17(27)22-11-4-2-1-3-5-11/h1-9H,(H,22,27)(H,25,26). The van der Waals surface area contributed by atoms with Crippen molar-refractivity contribution in [3.8, 4) is 0 Å². The monoisotopic (exact) mass is 376 g/mol. The van der Waals surface area contributed by atoms with Gasteiger partial charge < -0.3 is 10.4 Å². The van der Waals surface area contributed by atoms with Crippen LogP contribution in [0.25, 0.3) is 10.9 Å². The van der Waals surface area contributed by atoms with Crippen molar-refractivity contribution < 1.29 is 27.9 Å². The first-order valence-corrected chi connectivity index (χ1v) is 7.55. The summed E-state index contributed by atoms with van der Waals surface area (Å²) in [4.78, 5) is 36.1. The first kappa shape index (κ1) is 18.2. The van der Waals surface area contributed by atoms with Gasteiger partial charge in [-0.3, -0.25) is 9.36 Å². The van der Waals surface area contributed by atoms with Crippen LogP contribution in [0.5, 0.6) is 0 Å². The molecule has 1 aromatic heterocycles. The number of nitrogens with one attached hydrogen (secondary N) is 1. The van der Waals surface area contributed by atoms with E-state index in [2.05, 4.69) is 5.32 Å². The fraction of sp³-hybridized carbons (Fsp3) is 0.0556. The number of hydrogen-bond acceptors (Lipinski definition) is 3. The summed E-state index contributed by atoms with van der Waals surface area (Å²) in [5.74, 6) is -1.59. The van der Waals surface area contributed by atoms with Crippen molar-refractivity contribution in [2.45, 2.75) is 6.18 Å². The Balaban J connectivity index is 2.24.